The lowest BCUT2D eigenvalue weighted by Gasteiger charge is -2.69. The molecule has 1 N–H and O–H groups in total. The third-order valence-corrected chi connectivity index (χ3v) is 14.8. The average molecular weight is 621 g/mol. The number of ether oxygens (including phenoxy) is 2. The Hall–Kier alpha value is -1.97. The molecule has 0 amide bonds. The molecule has 4 aliphatic rings. The molecule has 6 unspecified atom stereocenters. The van der Waals surface area contributed by atoms with Gasteiger partial charge in [0.2, 0.25) is 0 Å². The highest BCUT2D eigenvalue weighted by Crippen LogP contribution is 2.76. The summed E-state index contributed by atoms with van der Waals surface area (Å²) in [6.07, 6.45) is 19.0. The molecule has 0 bridgehead atoms. The number of carbonyl (C=O) groups excluding carboxylic acids is 1. The first-order chi connectivity index (χ1) is 21.2. The number of methoxy groups -OCH3 is 1. The molecule has 0 spiro atoms. The zero-order valence-corrected chi connectivity index (χ0v) is 30.1. The lowest BCUT2D eigenvalue weighted by molar-refractivity contribution is -0.215. The van der Waals surface area contributed by atoms with Crippen LogP contribution in [-0.2, 0) is 9.53 Å². The topological polar surface area (TPSA) is 55.8 Å². The van der Waals surface area contributed by atoms with Crippen LogP contribution in [0.25, 0.3) is 6.08 Å². The molecular formula is C41H64O4. The number of esters is 1. The second-order valence-corrected chi connectivity index (χ2v) is 17.3. The van der Waals surface area contributed by atoms with Crippen molar-refractivity contribution in [3.8, 4) is 11.5 Å². The second-order valence-electron chi connectivity index (χ2n) is 17.3. The van der Waals surface area contributed by atoms with E-state index in [0.29, 0.717) is 27.9 Å². The first-order valence-electron chi connectivity index (χ1n) is 18.5. The van der Waals surface area contributed by atoms with Crippen molar-refractivity contribution >= 4 is 12.0 Å². The van der Waals surface area contributed by atoms with Gasteiger partial charge in [0, 0.05) is 11.5 Å². The van der Waals surface area contributed by atoms with E-state index < -0.39 is 0 Å². The molecule has 4 fully saturated rings. The van der Waals surface area contributed by atoms with Crippen LogP contribution in [0.5, 0.6) is 11.5 Å². The third kappa shape index (κ3) is 5.88. The van der Waals surface area contributed by atoms with Crippen molar-refractivity contribution in [2.75, 3.05) is 7.11 Å². The Morgan fingerprint density at radius 2 is 1.69 bits per heavy atom. The van der Waals surface area contributed by atoms with E-state index in [1.165, 1.54) is 83.8 Å². The van der Waals surface area contributed by atoms with E-state index in [9.17, 15) is 9.90 Å². The number of rotatable bonds is 10. The Labute approximate surface area is 275 Å². The number of hydrogen-bond acceptors (Lipinski definition) is 4. The van der Waals surface area contributed by atoms with Crippen LogP contribution in [0.4, 0.5) is 0 Å². The van der Waals surface area contributed by atoms with Crippen LogP contribution >= 0.6 is 0 Å². The fourth-order valence-electron chi connectivity index (χ4n) is 12.1. The summed E-state index contributed by atoms with van der Waals surface area (Å²) >= 11 is 0. The summed E-state index contributed by atoms with van der Waals surface area (Å²) in [6, 6.07) is 5.09. The number of phenols is 1. The molecule has 4 saturated carbocycles. The molecule has 252 valence electrons. The summed E-state index contributed by atoms with van der Waals surface area (Å²) in [6.45, 7) is 20.1. The minimum Gasteiger partial charge on any atom is -0.504 e. The fraction of sp³-hybridized carbons (Fsp3) is 0.780. The van der Waals surface area contributed by atoms with Gasteiger partial charge in [-0.1, -0.05) is 80.7 Å². The highest BCUT2D eigenvalue weighted by atomic mass is 16.5. The number of phenolic OH excluding ortho intramolecular Hbond substituents is 1. The SMILES string of the molecule is CC[C@@]12CC[C@]3(C)C(C(C)CCCC(C)C)CCC3(C)C1CCC1C2CC[C@H](OC(=O)/C=C/c2ccc(O)c(OC)c2)C1(C)C. The van der Waals surface area contributed by atoms with E-state index in [2.05, 4.69) is 55.4 Å². The van der Waals surface area contributed by atoms with E-state index in [0.717, 1.165) is 41.6 Å². The summed E-state index contributed by atoms with van der Waals surface area (Å²) in [7, 11) is 1.53. The molecule has 1 aromatic rings. The van der Waals surface area contributed by atoms with Crippen molar-refractivity contribution in [3.05, 3.63) is 29.8 Å². The highest BCUT2D eigenvalue weighted by molar-refractivity contribution is 5.87. The molecule has 4 nitrogen and oxygen atoms in total. The van der Waals surface area contributed by atoms with Gasteiger partial charge in [0.15, 0.2) is 11.5 Å². The van der Waals surface area contributed by atoms with Crippen LogP contribution in [0.15, 0.2) is 24.3 Å². The molecular weight excluding hydrogens is 556 g/mol. The van der Waals surface area contributed by atoms with Crippen molar-refractivity contribution in [1.82, 2.24) is 0 Å². The Bertz CT molecular complexity index is 1230. The average Bonchev–Trinajstić information content (AvgIpc) is 3.28. The normalized spacial score (nSPS) is 38.0. The van der Waals surface area contributed by atoms with Crippen LogP contribution < -0.4 is 4.74 Å². The van der Waals surface area contributed by atoms with Crippen LogP contribution in [0.3, 0.4) is 0 Å². The van der Waals surface area contributed by atoms with Gasteiger partial charge in [-0.05, 0) is 133 Å². The smallest absolute Gasteiger partial charge is 0.331 e. The molecule has 0 radical (unpaired) electrons. The Morgan fingerprint density at radius 1 is 0.956 bits per heavy atom. The maximum atomic E-state index is 13.1. The first kappa shape index (κ1) is 34.4. The van der Waals surface area contributed by atoms with Gasteiger partial charge in [0.1, 0.15) is 6.10 Å². The van der Waals surface area contributed by atoms with Crippen LogP contribution in [-0.4, -0.2) is 24.3 Å². The number of fused-ring (bicyclic) bond motifs is 5. The minimum atomic E-state index is -0.280. The molecule has 4 aliphatic carbocycles. The van der Waals surface area contributed by atoms with Gasteiger partial charge in [-0.25, -0.2) is 4.79 Å². The van der Waals surface area contributed by atoms with Crippen molar-refractivity contribution in [1.29, 1.82) is 0 Å². The van der Waals surface area contributed by atoms with Crippen LogP contribution in [0.2, 0.25) is 0 Å². The lowest BCUT2D eigenvalue weighted by atomic mass is 9.36. The fourth-order valence-corrected chi connectivity index (χ4v) is 12.1. The third-order valence-electron chi connectivity index (χ3n) is 14.8. The Morgan fingerprint density at radius 3 is 2.38 bits per heavy atom. The largest absolute Gasteiger partial charge is 0.504 e. The molecule has 45 heavy (non-hydrogen) atoms. The number of carbonyl (C=O) groups is 1. The van der Waals surface area contributed by atoms with Gasteiger partial charge in [0.05, 0.1) is 7.11 Å². The maximum Gasteiger partial charge on any atom is 0.331 e. The predicted molar refractivity (Wildman–Crippen MR) is 185 cm³/mol. The van der Waals surface area contributed by atoms with Crippen molar-refractivity contribution in [2.45, 2.75) is 139 Å². The Balaban J connectivity index is 1.30. The van der Waals surface area contributed by atoms with Gasteiger partial charge in [-0.2, -0.15) is 0 Å². The number of aromatic hydroxyl groups is 1. The lowest BCUT2D eigenvalue weighted by Crippen LogP contribution is -2.63. The molecule has 9 atom stereocenters. The summed E-state index contributed by atoms with van der Waals surface area (Å²) in [4.78, 5) is 13.1. The zero-order valence-electron chi connectivity index (χ0n) is 30.1. The van der Waals surface area contributed by atoms with Gasteiger partial charge in [-0.3, -0.25) is 0 Å². The van der Waals surface area contributed by atoms with Crippen molar-refractivity contribution in [3.63, 3.8) is 0 Å². The highest BCUT2D eigenvalue weighted by Gasteiger charge is 2.69. The summed E-state index contributed by atoms with van der Waals surface area (Å²) in [5.74, 6) is 4.82. The number of hydrogen-bond donors (Lipinski definition) is 1. The maximum absolute atomic E-state index is 13.1. The van der Waals surface area contributed by atoms with E-state index in [1.54, 1.807) is 24.3 Å². The van der Waals surface area contributed by atoms with Gasteiger partial charge in [0.25, 0.3) is 0 Å². The Kier molecular flexibility index (Phi) is 9.86. The van der Waals surface area contributed by atoms with E-state index in [1.807, 2.05) is 0 Å². The molecule has 0 aromatic heterocycles. The molecule has 4 heteroatoms. The molecule has 5 rings (SSSR count). The predicted octanol–water partition coefficient (Wildman–Crippen LogP) is 10.9. The van der Waals surface area contributed by atoms with Crippen molar-refractivity contribution in [2.24, 2.45) is 57.2 Å². The van der Waals surface area contributed by atoms with Gasteiger partial charge < -0.3 is 14.6 Å². The quantitative estimate of drug-likeness (QED) is 0.209. The monoisotopic (exact) mass is 620 g/mol. The summed E-state index contributed by atoms with van der Waals surface area (Å²) in [5.41, 5.74) is 2.04. The van der Waals surface area contributed by atoms with E-state index in [-0.39, 0.29) is 23.2 Å². The zero-order chi connectivity index (χ0) is 32.8. The summed E-state index contributed by atoms with van der Waals surface area (Å²) < 4.78 is 11.5. The minimum absolute atomic E-state index is 0.0495. The first-order valence-corrected chi connectivity index (χ1v) is 18.5. The van der Waals surface area contributed by atoms with Crippen LogP contribution in [0.1, 0.15) is 138 Å². The van der Waals surface area contributed by atoms with E-state index in [4.69, 9.17) is 9.47 Å². The van der Waals surface area contributed by atoms with Gasteiger partial charge in [-0.15, -0.1) is 0 Å². The van der Waals surface area contributed by atoms with Crippen LogP contribution in [0, 0.1) is 57.2 Å². The summed E-state index contributed by atoms with van der Waals surface area (Å²) in [5, 5.41) is 9.90. The molecule has 0 heterocycles. The molecule has 1 aromatic carbocycles. The molecule has 0 saturated heterocycles. The van der Waals surface area contributed by atoms with Crippen molar-refractivity contribution < 1.29 is 19.4 Å². The van der Waals surface area contributed by atoms with Gasteiger partial charge >= 0.3 is 5.97 Å². The van der Waals surface area contributed by atoms with E-state index >= 15 is 0 Å². The standard InChI is InChI=1S/C41H64O4/c1-10-41-25-24-39(7)30(28(4)13-11-12-27(2)3)22-23-40(39,8)35(41)19-16-31-32(41)17-20-36(38(31,5)6)45-37(43)21-15-29-14-18-33(42)34(26-29)44-9/h14-15,18,21,26-28,30-32,35-36,42H,10-13,16-17,19-20,22-25H2,1-9H3/b21-15+/t28?,30?,31?,32?,35?,36-,39+,40?,41-/m0/s1. The number of benzene rings is 1. The molecule has 0 aliphatic heterocycles. The second kappa shape index (κ2) is 12.9.